The highest BCUT2D eigenvalue weighted by atomic mass is 19.1. The number of nitrogens with one attached hydrogen (secondary N) is 2. The smallest absolute Gasteiger partial charge is 0.272 e. The number of fused-ring (bicyclic) bond motifs is 1. The van der Waals surface area contributed by atoms with Crippen LogP contribution in [0.4, 0.5) is 8.78 Å². The number of alkyl halides is 1. The molecule has 4 rings (SSSR count). The van der Waals surface area contributed by atoms with Gasteiger partial charge in [0, 0.05) is 37.6 Å². The maximum absolute atomic E-state index is 14.7. The summed E-state index contributed by atoms with van der Waals surface area (Å²) in [6.07, 6.45) is 1.02. The van der Waals surface area contributed by atoms with Crippen LogP contribution in [0.1, 0.15) is 36.6 Å². The number of hydrogen-bond acceptors (Lipinski definition) is 4. The van der Waals surface area contributed by atoms with Gasteiger partial charge in [-0.15, -0.1) is 0 Å². The summed E-state index contributed by atoms with van der Waals surface area (Å²) in [6, 6.07) is 2.52. The van der Waals surface area contributed by atoms with E-state index in [-0.39, 0.29) is 11.2 Å². The molecule has 0 spiro atoms. The molecule has 0 saturated carbocycles. The van der Waals surface area contributed by atoms with Gasteiger partial charge in [-0.2, -0.15) is 5.10 Å². The number of carbonyl (C=O) groups is 1. The Morgan fingerprint density at radius 3 is 2.81 bits per heavy atom. The summed E-state index contributed by atoms with van der Waals surface area (Å²) in [6.45, 7) is 7.91. The summed E-state index contributed by atoms with van der Waals surface area (Å²) >= 11 is 0. The van der Waals surface area contributed by atoms with Crippen LogP contribution in [0.25, 0.3) is 22.2 Å². The fourth-order valence-electron chi connectivity index (χ4n) is 4.22. The molecule has 2 aromatic heterocycles. The zero-order valence-corrected chi connectivity index (χ0v) is 18.2. The van der Waals surface area contributed by atoms with Crippen LogP contribution in [0.3, 0.4) is 0 Å². The molecular weight excluding hydrogens is 402 g/mol. The van der Waals surface area contributed by atoms with E-state index >= 15 is 0 Å². The van der Waals surface area contributed by atoms with Crippen LogP contribution < -0.4 is 5.32 Å². The Morgan fingerprint density at radius 1 is 1.39 bits per heavy atom. The van der Waals surface area contributed by atoms with E-state index in [1.54, 1.807) is 12.3 Å². The monoisotopic (exact) mass is 430 g/mol. The first-order valence-corrected chi connectivity index (χ1v) is 10.6. The molecule has 7 nitrogen and oxygen atoms in total. The molecule has 1 saturated heterocycles. The second-order valence-electron chi connectivity index (χ2n) is 8.74. The van der Waals surface area contributed by atoms with Crippen LogP contribution in [0.2, 0.25) is 0 Å². The van der Waals surface area contributed by atoms with Gasteiger partial charge in [-0.1, -0.05) is 13.8 Å². The Morgan fingerprint density at radius 2 is 2.16 bits per heavy atom. The molecule has 1 aliphatic heterocycles. The molecule has 0 radical (unpaired) electrons. The molecule has 0 bridgehead atoms. The summed E-state index contributed by atoms with van der Waals surface area (Å²) in [5.41, 5.74) is 1.53. The van der Waals surface area contributed by atoms with Crippen molar-refractivity contribution in [2.24, 2.45) is 13.0 Å². The van der Waals surface area contributed by atoms with Crippen molar-refractivity contribution in [2.75, 3.05) is 19.6 Å². The first-order chi connectivity index (χ1) is 14.7. The van der Waals surface area contributed by atoms with Gasteiger partial charge in [0.1, 0.15) is 23.3 Å². The number of halogens is 2. The first kappa shape index (κ1) is 21.4. The van der Waals surface area contributed by atoms with Gasteiger partial charge >= 0.3 is 0 Å². The molecule has 166 valence electrons. The third-order valence-electron chi connectivity index (χ3n) is 5.92. The molecule has 0 unspecified atom stereocenters. The van der Waals surface area contributed by atoms with Crippen molar-refractivity contribution >= 4 is 16.8 Å². The molecule has 9 heteroatoms. The second-order valence-corrected chi connectivity index (χ2v) is 8.74. The molecule has 31 heavy (non-hydrogen) atoms. The SMILES string of the molecule is Cc1ncc(-c2cc(F)c3[nH]nc(C(=O)N[C@H]4CCN(CC(C)C)C[C@@H]4F)c3c2)n1C. The first-order valence-electron chi connectivity index (χ1n) is 10.6. The Hall–Kier alpha value is -2.81. The molecule has 1 amide bonds. The average molecular weight is 431 g/mol. The normalized spacial score (nSPS) is 20.0. The number of piperidine rings is 1. The van der Waals surface area contributed by atoms with Gasteiger partial charge in [-0.25, -0.2) is 13.8 Å². The van der Waals surface area contributed by atoms with E-state index in [9.17, 15) is 13.6 Å². The summed E-state index contributed by atoms with van der Waals surface area (Å²) < 4.78 is 31.3. The highest BCUT2D eigenvalue weighted by molar-refractivity contribution is 6.05. The van der Waals surface area contributed by atoms with Crippen LogP contribution in [-0.4, -0.2) is 62.4 Å². The summed E-state index contributed by atoms with van der Waals surface area (Å²) in [5.74, 6) is 0.233. The standard InChI is InChI=1S/C22H28F2N6O/c1-12(2)10-30-6-5-18(17(24)11-30)26-22(31)21-15-7-14(8-16(23)20(15)27-28-21)19-9-25-13(3)29(19)4/h7-9,12,17-18H,5-6,10-11H2,1-4H3,(H,26,31)(H,27,28)/t17-,18-/m0/s1. The van der Waals surface area contributed by atoms with Crippen molar-refractivity contribution in [1.29, 1.82) is 0 Å². The maximum Gasteiger partial charge on any atom is 0.272 e. The van der Waals surface area contributed by atoms with E-state index in [1.165, 1.54) is 6.07 Å². The molecule has 1 aromatic carbocycles. The molecular formula is C22H28F2N6O. The summed E-state index contributed by atoms with van der Waals surface area (Å²) in [5, 5.41) is 9.76. The highest BCUT2D eigenvalue weighted by Gasteiger charge is 2.31. The minimum absolute atomic E-state index is 0.0615. The highest BCUT2D eigenvalue weighted by Crippen LogP contribution is 2.28. The van der Waals surface area contributed by atoms with E-state index in [1.807, 2.05) is 18.5 Å². The van der Waals surface area contributed by atoms with E-state index in [0.29, 0.717) is 29.8 Å². The van der Waals surface area contributed by atoms with Crippen LogP contribution in [-0.2, 0) is 7.05 Å². The Bertz CT molecular complexity index is 1110. The lowest BCUT2D eigenvalue weighted by Crippen LogP contribution is -2.53. The minimum Gasteiger partial charge on any atom is -0.345 e. The number of carbonyl (C=O) groups excluding carboxylic acids is 1. The average Bonchev–Trinajstić information content (AvgIpc) is 3.27. The minimum atomic E-state index is -1.16. The van der Waals surface area contributed by atoms with Crippen LogP contribution in [0.15, 0.2) is 18.3 Å². The quantitative estimate of drug-likeness (QED) is 0.652. The number of hydrogen-bond donors (Lipinski definition) is 2. The van der Waals surface area contributed by atoms with Gasteiger partial charge in [-0.3, -0.25) is 9.89 Å². The number of nitrogens with zero attached hydrogens (tertiary/aromatic N) is 4. The predicted octanol–water partition coefficient (Wildman–Crippen LogP) is 3.21. The molecule has 3 heterocycles. The topological polar surface area (TPSA) is 78.8 Å². The predicted molar refractivity (Wildman–Crippen MR) is 115 cm³/mol. The van der Waals surface area contributed by atoms with E-state index < -0.39 is 23.9 Å². The van der Waals surface area contributed by atoms with Crippen molar-refractivity contribution in [1.82, 2.24) is 30.0 Å². The third kappa shape index (κ3) is 4.19. The number of aromatic amines is 1. The lowest BCUT2D eigenvalue weighted by Gasteiger charge is -2.35. The second kappa shape index (κ2) is 8.37. The number of amides is 1. The number of likely N-dealkylation sites (tertiary alicyclic amines) is 1. The Labute approximate surface area is 179 Å². The van der Waals surface area contributed by atoms with Crippen LogP contribution in [0, 0.1) is 18.7 Å². The zero-order chi connectivity index (χ0) is 22.3. The molecule has 1 fully saturated rings. The molecule has 0 aliphatic carbocycles. The zero-order valence-electron chi connectivity index (χ0n) is 18.2. The fraction of sp³-hybridized carbons (Fsp3) is 0.500. The van der Waals surface area contributed by atoms with E-state index in [4.69, 9.17) is 0 Å². The van der Waals surface area contributed by atoms with Gasteiger partial charge in [0.15, 0.2) is 5.69 Å². The van der Waals surface area contributed by atoms with Crippen LogP contribution >= 0.6 is 0 Å². The van der Waals surface area contributed by atoms with Crippen molar-refractivity contribution in [3.8, 4) is 11.3 Å². The third-order valence-corrected chi connectivity index (χ3v) is 5.92. The van der Waals surface area contributed by atoms with Crippen molar-refractivity contribution in [2.45, 2.75) is 39.4 Å². The number of aryl methyl sites for hydroxylation is 1. The number of aromatic nitrogens is 4. The largest absolute Gasteiger partial charge is 0.345 e. The maximum atomic E-state index is 14.7. The number of rotatable bonds is 5. The number of benzene rings is 1. The fourth-order valence-corrected chi connectivity index (χ4v) is 4.22. The van der Waals surface area contributed by atoms with Gasteiger partial charge < -0.3 is 14.8 Å². The van der Waals surface area contributed by atoms with Gasteiger partial charge in [0.05, 0.1) is 17.9 Å². The van der Waals surface area contributed by atoms with Gasteiger partial charge in [0.2, 0.25) is 0 Å². The summed E-state index contributed by atoms with van der Waals surface area (Å²) in [4.78, 5) is 19.2. The van der Waals surface area contributed by atoms with Gasteiger partial charge in [0.25, 0.3) is 5.91 Å². The molecule has 3 aromatic rings. The number of imidazole rings is 1. The van der Waals surface area contributed by atoms with Crippen molar-refractivity contribution in [3.05, 3.63) is 35.7 Å². The lowest BCUT2D eigenvalue weighted by atomic mass is 10.0. The number of H-pyrrole nitrogens is 1. The molecule has 1 aliphatic rings. The van der Waals surface area contributed by atoms with Crippen molar-refractivity contribution < 1.29 is 13.6 Å². The lowest BCUT2D eigenvalue weighted by molar-refractivity contribution is 0.0748. The molecule has 2 atom stereocenters. The van der Waals surface area contributed by atoms with E-state index in [0.717, 1.165) is 24.6 Å². The van der Waals surface area contributed by atoms with Crippen LogP contribution in [0.5, 0.6) is 0 Å². The molecule has 2 N–H and O–H groups in total. The van der Waals surface area contributed by atoms with Crippen molar-refractivity contribution in [3.63, 3.8) is 0 Å². The Kier molecular flexibility index (Phi) is 5.79. The Balaban J connectivity index is 1.57. The van der Waals surface area contributed by atoms with Gasteiger partial charge in [-0.05, 0) is 31.4 Å². The van der Waals surface area contributed by atoms with E-state index in [2.05, 4.69) is 39.2 Å². The summed E-state index contributed by atoms with van der Waals surface area (Å²) in [7, 11) is 1.84.